The van der Waals surface area contributed by atoms with Gasteiger partial charge in [-0.1, -0.05) is 44.4 Å². The van der Waals surface area contributed by atoms with Crippen LogP contribution in [0.5, 0.6) is 5.75 Å². The van der Waals surface area contributed by atoms with Crippen LogP contribution < -0.4 is 5.32 Å². The van der Waals surface area contributed by atoms with E-state index < -0.39 is 0 Å². The van der Waals surface area contributed by atoms with E-state index in [1.807, 2.05) is 6.07 Å². The molecule has 0 heterocycles. The smallest absolute Gasteiger partial charge is 0.224 e. The molecular weight excluding hydrogens is 238 g/mol. The average Bonchev–Trinajstić information content (AvgIpc) is 2.41. The summed E-state index contributed by atoms with van der Waals surface area (Å²) in [5.74, 6) is 0.972. The van der Waals surface area contributed by atoms with Crippen LogP contribution in [0.15, 0.2) is 24.3 Å². The molecule has 2 N–H and O–H groups in total. The molecule has 1 aliphatic rings. The number of benzene rings is 1. The Morgan fingerprint density at radius 3 is 2.89 bits per heavy atom. The zero-order valence-corrected chi connectivity index (χ0v) is 11.6. The van der Waals surface area contributed by atoms with E-state index in [4.69, 9.17) is 0 Å². The molecule has 2 atom stereocenters. The predicted octanol–water partition coefficient (Wildman–Crippen LogP) is 3.02. The number of rotatable bonds is 4. The summed E-state index contributed by atoms with van der Waals surface area (Å²) in [6.07, 6.45) is 6.15. The van der Waals surface area contributed by atoms with Crippen molar-refractivity contribution >= 4 is 5.91 Å². The lowest BCUT2D eigenvalue weighted by atomic mass is 9.84. The van der Waals surface area contributed by atoms with Gasteiger partial charge in [-0.05, 0) is 24.8 Å². The van der Waals surface area contributed by atoms with Crippen molar-refractivity contribution in [1.29, 1.82) is 0 Å². The minimum atomic E-state index is 0.0169. The van der Waals surface area contributed by atoms with Crippen LogP contribution in [0.4, 0.5) is 0 Å². The van der Waals surface area contributed by atoms with Crippen molar-refractivity contribution in [1.82, 2.24) is 5.32 Å². The van der Waals surface area contributed by atoms with E-state index in [1.54, 1.807) is 18.2 Å². The average molecular weight is 261 g/mol. The zero-order chi connectivity index (χ0) is 13.7. The maximum atomic E-state index is 12.0. The molecule has 3 nitrogen and oxygen atoms in total. The zero-order valence-electron chi connectivity index (χ0n) is 11.6. The summed E-state index contributed by atoms with van der Waals surface area (Å²) in [7, 11) is 0. The summed E-state index contributed by atoms with van der Waals surface area (Å²) in [5.41, 5.74) is 0.697. The molecule has 3 heteroatoms. The second-order valence-corrected chi connectivity index (χ2v) is 5.51. The van der Waals surface area contributed by atoms with Crippen LogP contribution in [-0.4, -0.2) is 17.1 Å². The van der Waals surface area contributed by atoms with Crippen molar-refractivity contribution in [2.75, 3.05) is 0 Å². The third kappa shape index (κ3) is 3.98. The van der Waals surface area contributed by atoms with Gasteiger partial charge in [0.05, 0.1) is 6.42 Å². The molecule has 1 aromatic rings. The lowest BCUT2D eigenvalue weighted by Gasteiger charge is -2.29. The van der Waals surface area contributed by atoms with Crippen molar-refractivity contribution in [2.24, 2.45) is 5.92 Å². The third-order valence-electron chi connectivity index (χ3n) is 4.07. The van der Waals surface area contributed by atoms with Crippen molar-refractivity contribution < 1.29 is 9.90 Å². The number of carbonyl (C=O) groups is 1. The largest absolute Gasteiger partial charge is 0.508 e. The van der Waals surface area contributed by atoms with Gasteiger partial charge in [0.15, 0.2) is 0 Å². The molecule has 19 heavy (non-hydrogen) atoms. The Bertz CT molecular complexity index is 431. The Hall–Kier alpha value is -1.51. The number of phenolic OH excluding ortho intramolecular Hbond substituents is 1. The highest BCUT2D eigenvalue weighted by atomic mass is 16.3. The van der Waals surface area contributed by atoms with Gasteiger partial charge in [0.1, 0.15) is 5.75 Å². The first-order chi connectivity index (χ1) is 9.19. The van der Waals surface area contributed by atoms with E-state index in [1.165, 1.54) is 19.3 Å². The van der Waals surface area contributed by atoms with E-state index >= 15 is 0 Å². The fourth-order valence-corrected chi connectivity index (χ4v) is 2.90. The van der Waals surface area contributed by atoms with Crippen LogP contribution in [-0.2, 0) is 11.2 Å². The highest BCUT2D eigenvalue weighted by Gasteiger charge is 2.22. The second-order valence-electron chi connectivity index (χ2n) is 5.51. The Labute approximate surface area is 115 Å². The van der Waals surface area contributed by atoms with Gasteiger partial charge in [0.25, 0.3) is 0 Å². The van der Waals surface area contributed by atoms with E-state index in [0.29, 0.717) is 11.6 Å². The van der Waals surface area contributed by atoms with Gasteiger partial charge >= 0.3 is 0 Å². The molecule has 0 saturated heterocycles. The number of para-hydroxylation sites is 1. The summed E-state index contributed by atoms with van der Waals surface area (Å²) < 4.78 is 0. The molecule has 1 fully saturated rings. The molecule has 104 valence electrons. The maximum Gasteiger partial charge on any atom is 0.224 e. The lowest BCUT2D eigenvalue weighted by Crippen LogP contribution is -2.39. The van der Waals surface area contributed by atoms with E-state index in [2.05, 4.69) is 12.2 Å². The van der Waals surface area contributed by atoms with Crippen LogP contribution in [0.1, 0.15) is 44.6 Å². The SMILES string of the molecule is CCC1CCCC(NC(=O)Cc2ccccc2O)C1. The van der Waals surface area contributed by atoms with Gasteiger partial charge in [-0.15, -0.1) is 0 Å². The quantitative estimate of drug-likeness (QED) is 0.875. The minimum absolute atomic E-state index is 0.0169. The number of hydrogen-bond donors (Lipinski definition) is 2. The summed E-state index contributed by atoms with van der Waals surface area (Å²) in [5, 5.41) is 12.8. The van der Waals surface area contributed by atoms with E-state index in [9.17, 15) is 9.90 Å². The molecule has 0 aliphatic heterocycles. The number of amides is 1. The maximum absolute atomic E-state index is 12.0. The summed E-state index contributed by atoms with van der Waals surface area (Å²) in [4.78, 5) is 12.0. The fourth-order valence-electron chi connectivity index (χ4n) is 2.90. The lowest BCUT2D eigenvalue weighted by molar-refractivity contribution is -0.121. The van der Waals surface area contributed by atoms with Crippen molar-refractivity contribution in [2.45, 2.75) is 51.5 Å². The molecular formula is C16H23NO2. The van der Waals surface area contributed by atoms with Crippen LogP contribution >= 0.6 is 0 Å². The standard InChI is InChI=1S/C16H23NO2/c1-2-12-6-5-8-14(10-12)17-16(19)11-13-7-3-4-9-15(13)18/h3-4,7,9,12,14,18H,2,5-6,8,10-11H2,1H3,(H,17,19). The monoisotopic (exact) mass is 261 g/mol. The van der Waals surface area contributed by atoms with Crippen molar-refractivity contribution in [3.8, 4) is 5.75 Å². The van der Waals surface area contributed by atoms with E-state index in [0.717, 1.165) is 18.8 Å². The van der Waals surface area contributed by atoms with Gasteiger partial charge in [0, 0.05) is 11.6 Å². The molecule has 0 bridgehead atoms. The highest BCUT2D eigenvalue weighted by molar-refractivity contribution is 5.79. The van der Waals surface area contributed by atoms with Gasteiger partial charge in [-0.3, -0.25) is 4.79 Å². The first-order valence-corrected chi connectivity index (χ1v) is 7.25. The molecule has 0 aromatic heterocycles. The molecule has 1 aliphatic carbocycles. The summed E-state index contributed by atoms with van der Waals surface area (Å²) in [6, 6.07) is 7.35. The number of carbonyl (C=O) groups excluding carboxylic acids is 1. The van der Waals surface area contributed by atoms with E-state index in [-0.39, 0.29) is 18.1 Å². The van der Waals surface area contributed by atoms with Crippen LogP contribution in [0.3, 0.4) is 0 Å². The minimum Gasteiger partial charge on any atom is -0.508 e. The summed E-state index contributed by atoms with van der Waals surface area (Å²) in [6.45, 7) is 2.22. The highest BCUT2D eigenvalue weighted by Crippen LogP contribution is 2.26. The third-order valence-corrected chi connectivity index (χ3v) is 4.07. The molecule has 1 saturated carbocycles. The molecule has 1 amide bonds. The normalized spacial score (nSPS) is 23.0. The molecule has 0 radical (unpaired) electrons. The first-order valence-electron chi connectivity index (χ1n) is 7.25. The van der Waals surface area contributed by atoms with Gasteiger partial charge in [-0.2, -0.15) is 0 Å². The first kappa shape index (κ1) is 13.9. The number of nitrogens with one attached hydrogen (secondary N) is 1. The van der Waals surface area contributed by atoms with Crippen LogP contribution in [0.2, 0.25) is 0 Å². The second kappa shape index (κ2) is 6.60. The molecule has 2 unspecified atom stereocenters. The van der Waals surface area contributed by atoms with Crippen LogP contribution in [0.25, 0.3) is 0 Å². The van der Waals surface area contributed by atoms with Crippen LogP contribution in [0, 0.1) is 5.92 Å². The Morgan fingerprint density at radius 2 is 2.16 bits per heavy atom. The molecule has 2 rings (SSSR count). The van der Waals surface area contributed by atoms with Gasteiger partial charge < -0.3 is 10.4 Å². The molecule has 0 spiro atoms. The summed E-state index contributed by atoms with van der Waals surface area (Å²) >= 11 is 0. The fraction of sp³-hybridized carbons (Fsp3) is 0.562. The van der Waals surface area contributed by atoms with Gasteiger partial charge in [-0.25, -0.2) is 0 Å². The number of phenols is 1. The Kier molecular flexibility index (Phi) is 4.83. The molecule has 1 aromatic carbocycles. The Morgan fingerprint density at radius 1 is 1.37 bits per heavy atom. The van der Waals surface area contributed by atoms with Gasteiger partial charge in [0.2, 0.25) is 5.91 Å². The number of hydrogen-bond acceptors (Lipinski definition) is 2. The Balaban J connectivity index is 1.86. The predicted molar refractivity (Wildman–Crippen MR) is 76.0 cm³/mol. The van der Waals surface area contributed by atoms with Crippen molar-refractivity contribution in [3.63, 3.8) is 0 Å². The van der Waals surface area contributed by atoms with Crippen molar-refractivity contribution in [3.05, 3.63) is 29.8 Å². The topological polar surface area (TPSA) is 49.3 Å². The number of aromatic hydroxyl groups is 1.